The van der Waals surface area contributed by atoms with Gasteiger partial charge in [-0.3, -0.25) is 0 Å². The molecule has 0 atom stereocenters. The van der Waals surface area contributed by atoms with Crippen molar-refractivity contribution in [2.24, 2.45) is 0 Å². The van der Waals surface area contributed by atoms with Gasteiger partial charge in [0.15, 0.2) is 0 Å². The Balaban J connectivity index is 1.16. The molecule has 0 bridgehead atoms. The van der Waals surface area contributed by atoms with Gasteiger partial charge in [0.25, 0.3) is 0 Å². The number of hydrogen-bond donors (Lipinski definition) is 0. The highest BCUT2D eigenvalue weighted by molar-refractivity contribution is 6.43. The monoisotopic (exact) mass is 1810 g/mol. The van der Waals surface area contributed by atoms with Crippen molar-refractivity contribution in [3.63, 3.8) is 0 Å². The average Bonchev–Trinajstić information content (AvgIpc) is 0.670. The molecule has 0 spiro atoms. The molecule has 0 aliphatic rings. The second-order valence-corrected chi connectivity index (χ2v) is 38.7. The lowest BCUT2D eigenvalue weighted by Gasteiger charge is -2.40. The minimum absolute atomic E-state index is 0.926. The summed E-state index contributed by atoms with van der Waals surface area (Å²) in [6, 6.07) is 158. The first-order chi connectivity index (χ1) is 68.0. The normalized spacial score (nSPS) is 11.4. The van der Waals surface area contributed by atoms with Crippen LogP contribution in [0.2, 0.25) is 0 Å². The highest BCUT2D eigenvalue weighted by Gasteiger charge is 2.40. The van der Waals surface area contributed by atoms with E-state index in [-0.39, 0.29) is 0 Å². The molecule has 0 saturated carbocycles. The third-order valence-electron chi connectivity index (χ3n) is 27.7. The third-order valence-corrected chi connectivity index (χ3v) is 27.7. The van der Waals surface area contributed by atoms with Crippen molar-refractivity contribution in [3.8, 4) is 0 Å². The summed E-state index contributed by atoms with van der Waals surface area (Å²) in [5.74, 6) is 0. The molecule has 0 N–H and O–H groups in total. The molecule has 21 rings (SSSR count). The highest BCUT2D eigenvalue weighted by atomic mass is 15.3. The van der Waals surface area contributed by atoms with Gasteiger partial charge in [0.05, 0.1) is 45.5 Å². The Morgan fingerprint density at radius 2 is 0.186 bits per heavy atom. The molecule has 0 aliphatic heterocycles. The minimum atomic E-state index is 0.926. The van der Waals surface area contributed by atoms with Crippen LogP contribution in [0.4, 0.5) is 136 Å². The highest BCUT2D eigenvalue weighted by Crippen LogP contribution is 2.66. The molecular formula is C132H116N8. The zero-order valence-corrected chi connectivity index (χ0v) is 82.8. The van der Waals surface area contributed by atoms with Crippen LogP contribution in [0.3, 0.4) is 0 Å². The fourth-order valence-corrected chi connectivity index (χ4v) is 20.0. The van der Waals surface area contributed by atoms with E-state index in [2.05, 4.69) is 562 Å². The third kappa shape index (κ3) is 17.2. The summed E-state index contributed by atoms with van der Waals surface area (Å²) >= 11 is 0. The summed E-state index contributed by atoms with van der Waals surface area (Å²) in [6.07, 6.45) is 0. The number of fused-ring (bicyclic) bond motifs is 2. The summed E-state index contributed by atoms with van der Waals surface area (Å²) in [7, 11) is 0. The van der Waals surface area contributed by atoms with Crippen LogP contribution in [0.25, 0.3) is 43.1 Å². The van der Waals surface area contributed by atoms with E-state index in [0.717, 1.165) is 269 Å². The Morgan fingerprint density at radius 3 is 0.279 bits per heavy atom. The standard InChI is InChI=1S/C132H116N8/c1-85-17-49-101(50-18-85)133(102-51-19-86(2)20-52-102)121-81-117-118-82-123(135(105-57-25-89(5)26-58-105)106-59-27-90(6)28-60-106)131(139(113-73-41-97(13)42-74-113)114-75-43-98(14)44-76-114)128-126(118)120(84-124(136(107-61-29-91(7)30-62-107)108-63-31-92(8)32-64-108)132(128)140(115-77-45-99(15)46-78-115)116-79-47-100(16)48-80-116)119-83-122(134(103-53-21-87(3)22-54-103)104-55-23-88(4)24-56-104)130(138(111-69-37-95(11)38-70-111)112-71-39-96(12)40-72-112)127(125(117)119)129(121)137(109-65-33-93(9)34-66-109)110-67-35-94(10)36-68-110/h17-84H,1-16H3. The van der Waals surface area contributed by atoms with E-state index >= 15 is 0 Å². The van der Waals surface area contributed by atoms with E-state index in [1.54, 1.807) is 0 Å². The van der Waals surface area contributed by atoms with Gasteiger partial charge in [0.2, 0.25) is 0 Å². The van der Waals surface area contributed by atoms with Crippen LogP contribution >= 0.6 is 0 Å². The van der Waals surface area contributed by atoms with Gasteiger partial charge in [-0.05, 0) is 351 Å². The molecule has 21 aromatic carbocycles. The van der Waals surface area contributed by atoms with Crippen LogP contribution in [-0.2, 0) is 0 Å². The summed E-state index contributed by atoms with van der Waals surface area (Å²) in [4.78, 5) is 20.7. The quantitative estimate of drug-likeness (QED) is 0.0436. The van der Waals surface area contributed by atoms with E-state index in [1.165, 1.54) is 0 Å². The minimum Gasteiger partial charge on any atom is -0.308 e. The molecule has 0 fully saturated rings. The van der Waals surface area contributed by atoms with E-state index in [0.29, 0.717) is 0 Å². The predicted molar refractivity (Wildman–Crippen MR) is 601 cm³/mol. The summed E-state index contributed by atoms with van der Waals surface area (Å²) < 4.78 is 0. The largest absolute Gasteiger partial charge is 0.308 e. The van der Waals surface area contributed by atoms with Gasteiger partial charge in [-0.1, -0.05) is 283 Å². The average molecular weight is 1810 g/mol. The molecule has 0 aliphatic carbocycles. The molecule has 0 heterocycles. The van der Waals surface area contributed by atoms with E-state index in [1.807, 2.05) is 0 Å². The molecule has 21 aromatic rings. The van der Waals surface area contributed by atoms with Crippen molar-refractivity contribution in [1.29, 1.82) is 0 Å². The molecule has 0 unspecified atom stereocenters. The van der Waals surface area contributed by atoms with Crippen molar-refractivity contribution in [2.45, 2.75) is 111 Å². The Kier molecular flexibility index (Phi) is 24.0. The fraction of sp³-hybridized carbons (Fsp3) is 0.121. The molecule has 684 valence electrons. The fourth-order valence-electron chi connectivity index (χ4n) is 20.0. The smallest absolute Gasteiger partial charge is 0.0804 e. The summed E-state index contributed by atoms with van der Waals surface area (Å²) in [6.45, 7) is 35.3. The number of nitrogens with zero attached hydrogens (tertiary/aromatic N) is 8. The Morgan fingerprint density at radius 1 is 0.100 bits per heavy atom. The van der Waals surface area contributed by atoms with Crippen molar-refractivity contribution in [3.05, 3.63) is 502 Å². The first-order valence-electron chi connectivity index (χ1n) is 48.8. The first-order valence-corrected chi connectivity index (χ1v) is 48.8. The van der Waals surface area contributed by atoms with Gasteiger partial charge in [-0.15, -0.1) is 0 Å². The lowest BCUT2D eigenvalue weighted by molar-refractivity contribution is 1.21. The number of rotatable bonds is 24. The van der Waals surface area contributed by atoms with E-state index < -0.39 is 0 Å². The van der Waals surface area contributed by atoms with Gasteiger partial charge >= 0.3 is 0 Å². The van der Waals surface area contributed by atoms with Gasteiger partial charge in [0, 0.05) is 113 Å². The SMILES string of the molecule is Cc1ccc(N(c2ccc(C)cc2)c2cc3c4cc(N(c5ccc(C)cc5)c5ccc(C)cc5)c(N(c5ccc(C)cc5)c5ccc(C)cc5)c5c(N(c6ccc(C)cc6)c6ccc(C)cc6)c(N(c6ccc(C)cc6)c6ccc(C)cc6)cc(c6cc(N(c7ccc(C)cc7)c7ccc(C)cc7)c(N(c7ccc(C)cc7)c7ccc(C)cc7)c(c2N(c2ccc(C)cc2)c2ccc(C)cc2)c36)c54)cc1. The van der Waals surface area contributed by atoms with Gasteiger partial charge in [-0.2, -0.15) is 0 Å². The van der Waals surface area contributed by atoms with Gasteiger partial charge < -0.3 is 39.2 Å². The van der Waals surface area contributed by atoms with E-state index in [9.17, 15) is 0 Å². The van der Waals surface area contributed by atoms with Crippen molar-refractivity contribution in [2.75, 3.05) is 39.2 Å². The van der Waals surface area contributed by atoms with Crippen LogP contribution < -0.4 is 39.2 Å². The lowest BCUT2D eigenvalue weighted by atomic mass is 9.83. The summed E-state index contributed by atoms with van der Waals surface area (Å²) in [5, 5.41) is 8.13. The van der Waals surface area contributed by atoms with E-state index in [4.69, 9.17) is 0 Å². The van der Waals surface area contributed by atoms with Gasteiger partial charge in [-0.25, -0.2) is 0 Å². The zero-order valence-electron chi connectivity index (χ0n) is 82.8. The molecular weight excluding hydrogens is 1700 g/mol. The maximum atomic E-state index is 2.62. The molecule has 140 heavy (non-hydrogen) atoms. The van der Waals surface area contributed by atoms with Crippen molar-refractivity contribution >= 4 is 180 Å². The maximum Gasteiger partial charge on any atom is 0.0804 e. The number of anilines is 24. The topological polar surface area (TPSA) is 25.9 Å². The molecule has 8 heteroatoms. The second kappa shape index (κ2) is 37.4. The first kappa shape index (κ1) is 89.8. The Bertz CT molecular complexity index is 6760. The predicted octanol–water partition coefficient (Wildman–Crippen LogP) is 38.4. The zero-order chi connectivity index (χ0) is 96.4. The molecule has 0 aromatic heterocycles. The van der Waals surface area contributed by atoms with Gasteiger partial charge in [0.1, 0.15) is 0 Å². The number of benzene rings is 21. The van der Waals surface area contributed by atoms with Crippen LogP contribution in [0.5, 0.6) is 0 Å². The number of aryl methyl sites for hydroxylation is 16. The second-order valence-electron chi connectivity index (χ2n) is 38.7. The maximum absolute atomic E-state index is 2.62. The van der Waals surface area contributed by atoms with Crippen molar-refractivity contribution in [1.82, 2.24) is 0 Å². The van der Waals surface area contributed by atoms with Crippen LogP contribution in [0.1, 0.15) is 89.0 Å². The molecule has 8 nitrogen and oxygen atoms in total. The Labute approximate surface area is 825 Å². The Hall–Kier alpha value is -16.7. The molecule has 0 amide bonds. The van der Waals surface area contributed by atoms with Crippen LogP contribution in [-0.4, -0.2) is 0 Å². The van der Waals surface area contributed by atoms with Crippen molar-refractivity contribution < 1.29 is 0 Å². The van der Waals surface area contributed by atoms with Crippen LogP contribution in [0, 0.1) is 111 Å². The van der Waals surface area contributed by atoms with Crippen LogP contribution in [0.15, 0.2) is 413 Å². The lowest BCUT2D eigenvalue weighted by Crippen LogP contribution is -2.22. The molecule has 0 radical (unpaired) electrons. The molecule has 0 saturated heterocycles. The number of hydrogen-bond acceptors (Lipinski definition) is 8. The summed E-state index contributed by atoms with van der Waals surface area (Å²) in [5.41, 5.74) is 41.5.